The fourth-order valence-corrected chi connectivity index (χ4v) is 3.03. The molecule has 0 saturated carbocycles. The molecule has 2 aromatic carbocycles. The molecule has 6 heteroatoms. The van der Waals surface area contributed by atoms with E-state index >= 15 is 0 Å². The zero-order chi connectivity index (χ0) is 20.8. The van der Waals surface area contributed by atoms with Crippen LogP contribution in [0.4, 0.5) is 5.69 Å². The molecule has 0 radical (unpaired) electrons. The third kappa shape index (κ3) is 4.73. The summed E-state index contributed by atoms with van der Waals surface area (Å²) in [7, 11) is 1.52. The third-order valence-electron chi connectivity index (χ3n) is 4.47. The molecule has 0 bridgehead atoms. The summed E-state index contributed by atoms with van der Waals surface area (Å²) < 4.78 is 7.40. The molecule has 0 aliphatic heterocycles. The highest BCUT2D eigenvalue weighted by Crippen LogP contribution is 2.25. The van der Waals surface area contributed by atoms with E-state index in [1.165, 1.54) is 19.3 Å². The summed E-state index contributed by atoms with van der Waals surface area (Å²) >= 11 is 0. The summed E-state index contributed by atoms with van der Waals surface area (Å²) in [5.41, 5.74) is 2.68. The molecule has 6 nitrogen and oxygen atoms in total. The molecule has 3 aromatic rings. The molecule has 3 rings (SSSR count). The molecule has 0 unspecified atom stereocenters. The number of benzene rings is 2. The zero-order valence-electron chi connectivity index (χ0n) is 16.3. The number of aromatic carboxylic acids is 1. The van der Waals surface area contributed by atoms with Gasteiger partial charge in [-0.1, -0.05) is 30.4 Å². The van der Waals surface area contributed by atoms with Gasteiger partial charge in [-0.3, -0.25) is 4.79 Å². The Morgan fingerprint density at radius 2 is 1.97 bits per heavy atom. The smallest absolute Gasteiger partial charge is 0.335 e. The number of ether oxygens (including phenoxy) is 1. The number of hydrogen-bond acceptors (Lipinski definition) is 3. The van der Waals surface area contributed by atoms with E-state index in [1.54, 1.807) is 24.3 Å². The summed E-state index contributed by atoms with van der Waals surface area (Å²) in [6.07, 6.45) is 8.74. The van der Waals surface area contributed by atoms with Crippen molar-refractivity contribution in [3.63, 3.8) is 0 Å². The van der Waals surface area contributed by atoms with Gasteiger partial charge in [0.15, 0.2) is 0 Å². The Hall–Kier alpha value is -3.80. The van der Waals surface area contributed by atoms with Crippen LogP contribution in [0.25, 0.3) is 10.9 Å². The lowest BCUT2D eigenvalue weighted by Crippen LogP contribution is -2.08. The first-order chi connectivity index (χ1) is 14.0. The molecule has 0 aliphatic rings. The number of fused-ring (bicyclic) bond motifs is 1. The van der Waals surface area contributed by atoms with Crippen LogP contribution < -0.4 is 10.1 Å². The second-order valence-corrected chi connectivity index (χ2v) is 6.42. The quantitative estimate of drug-likeness (QED) is 0.461. The average Bonchev–Trinajstić information content (AvgIpc) is 3.10. The maximum absolute atomic E-state index is 12.0. The van der Waals surface area contributed by atoms with Crippen LogP contribution in [-0.2, 0) is 11.3 Å². The number of methoxy groups -OCH3 is 1. The van der Waals surface area contributed by atoms with Crippen molar-refractivity contribution in [3.8, 4) is 5.75 Å². The number of carbonyl (C=O) groups excluding carboxylic acids is 1. The van der Waals surface area contributed by atoms with E-state index in [0.29, 0.717) is 18.0 Å². The van der Waals surface area contributed by atoms with Crippen molar-refractivity contribution in [1.82, 2.24) is 4.57 Å². The van der Waals surface area contributed by atoms with Gasteiger partial charge in [0.2, 0.25) is 5.91 Å². The Morgan fingerprint density at radius 3 is 2.69 bits per heavy atom. The summed E-state index contributed by atoms with van der Waals surface area (Å²) in [6, 6.07) is 12.5. The largest absolute Gasteiger partial charge is 0.496 e. The Kier molecular flexibility index (Phi) is 6.14. The van der Waals surface area contributed by atoms with Crippen molar-refractivity contribution in [2.75, 3.05) is 12.4 Å². The molecule has 0 fully saturated rings. The first-order valence-electron chi connectivity index (χ1n) is 9.11. The van der Waals surface area contributed by atoms with Gasteiger partial charge in [0.25, 0.3) is 0 Å². The Bertz CT molecular complexity index is 1110. The number of anilines is 1. The molecular weight excluding hydrogens is 368 g/mol. The number of rotatable bonds is 7. The second kappa shape index (κ2) is 8.93. The van der Waals surface area contributed by atoms with Crippen molar-refractivity contribution in [2.24, 2.45) is 0 Å². The molecule has 1 heterocycles. The predicted octanol–water partition coefficient (Wildman–Crippen LogP) is 4.47. The van der Waals surface area contributed by atoms with E-state index < -0.39 is 5.97 Å². The van der Waals surface area contributed by atoms with Crippen LogP contribution in [0.5, 0.6) is 5.75 Å². The monoisotopic (exact) mass is 390 g/mol. The van der Waals surface area contributed by atoms with E-state index in [2.05, 4.69) is 5.32 Å². The lowest BCUT2D eigenvalue weighted by atomic mass is 10.1. The number of amides is 1. The summed E-state index contributed by atoms with van der Waals surface area (Å²) in [4.78, 5) is 23.2. The fraction of sp³-hybridized carbons (Fsp3) is 0.130. The first-order valence-corrected chi connectivity index (χ1v) is 9.11. The highest BCUT2D eigenvalue weighted by Gasteiger charge is 2.11. The van der Waals surface area contributed by atoms with Crippen molar-refractivity contribution in [3.05, 3.63) is 84.1 Å². The minimum absolute atomic E-state index is 0.180. The maximum Gasteiger partial charge on any atom is 0.335 e. The van der Waals surface area contributed by atoms with Crippen LogP contribution in [-0.4, -0.2) is 28.7 Å². The summed E-state index contributed by atoms with van der Waals surface area (Å²) in [6.45, 7) is 2.39. The van der Waals surface area contributed by atoms with Crippen LogP contribution in [0, 0.1) is 0 Å². The van der Waals surface area contributed by atoms with E-state index in [4.69, 9.17) is 9.84 Å². The molecule has 1 amide bonds. The van der Waals surface area contributed by atoms with Crippen molar-refractivity contribution in [2.45, 2.75) is 13.5 Å². The van der Waals surface area contributed by atoms with Gasteiger partial charge >= 0.3 is 5.97 Å². The minimum atomic E-state index is -0.995. The molecule has 2 N–H and O–H groups in total. The lowest BCUT2D eigenvalue weighted by molar-refractivity contribution is -0.111. The van der Waals surface area contributed by atoms with Gasteiger partial charge in [-0.2, -0.15) is 0 Å². The highest BCUT2D eigenvalue weighted by atomic mass is 16.5. The van der Waals surface area contributed by atoms with Crippen molar-refractivity contribution >= 4 is 28.5 Å². The second-order valence-electron chi connectivity index (χ2n) is 6.42. The summed E-state index contributed by atoms with van der Waals surface area (Å²) in [5, 5.41) is 13.0. The lowest BCUT2D eigenvalue weighted by Gasteiger charge is -2.12. The van der Waals surface area contributed by atoms with Gasteiger partial charge in [0.05, 0.1) is 24.7 Å². The minimum Gasteiger partial charge on any atom is -0.496 e. The van der Waals surface area contributed by atoms with Gasteiger partial charge in [-0.25, -0.2) is 4.79 Å². The predicted molar refractivity (Wildman–Crippen MR) is 114 cm³/mol. The highest BCUT2D eigenvalue weighted by molar-refractivity contribution is 6.00. The van der Waals surface area contributed by atoms with Gasteiger partial charge < -0.3 is 19.7 Å². The summed E-state index contributed by atoms with van der Waals surface area (Å²) in [5.74, 6) is -0.679. The molecular formula is C23H22N2O4. The Morgan fingerprint density at radius 1 is 1.14 bits per heavy atom. The number of nitrogens with zero attached hydrogens (tertiary/aromatic N) is 1. The van der Waals surface area contributed by atoms with Crippen LogP contribution in [0.3, 0.4) is 0 Å². The van der Waals surface area contributed by atoms with E-state index in [0.717, 1.165) is 16.5 Å². The number of nitrogens with one attached hydrogen (secondary N) is 1. The average molecular weight is 390 g/mol. The van der Waals surface area contributed by atoms with Crippen molar-refractivity contribution in [1.29, 1.82) is 0 Å². The molecule has 0 atom stereocenters. The topological polar surface area (TPSA) is 80.6 Å². The van der Waals surface area contributed by atoms with Crippen LogP contribution >= 0.6 is 0 Å². The SMILES string of the molecule is C/C=C/C=C/C(=O)Nc1ccc2ccn(Cc3ccc(C(=O)O)cc3OC)c2c1. The molecule has 0 aliphatic carbocycles. The maximum atomic E-state index is 12.0. The standard InChI is InChI=1S/C23H22N2O4/c1-3-4-5-6-22(26)24-19-10-9-16-11-12-25(20(16)14-19)15-18-8-7-17(23(27)28)13-21(18)29-2/h3-14H,15H2,1-2H3,(H,24,26)(H,27,28)/b4-3+,6-5+. The van der Waals surface area contributed by atoms with E-state index in [-0.39, 0.29) is 11.5 Å². The number of allylic oxidation sites excluding steroid dienone is 3. The molecule has 148 valence electrons. The van der Waals surface area contributed by atoms with Gasteiger partial charge in [0.1, 0.15) is 5.75 Å². The molecule has 0 saturated heterocycles. The van der Waals surface area contributed by atoms with Crippen LogP contribution in [0.2, 0.25) is 0 Å². The van der Waals surface area contributed by atoms with Gasteiger partial charge in [0, 0.05) is 23.5 Å². The van der Waals surface area contributed by atoms with E-state index in [9.17, 15) is 9.59 Å². The Balaban J connectivity index is 1.87. The zero-order valence-corrected chi connectivity index (χ0v) is 16.3. The van der Waals surface area contributed by atoms with Crippen molar-refractivity contribution < 1.29 is 19.4 Å². The van der Waals surface area contributed by atoms with Gasteiger partial charge in [-0.15, -0.1) is 0 Å². The normalized spacial score (nSPS) is 11.4. The number of carboxylic acid groups (broad SMARTS) is 1. The number of carbonyl (C=O) groups is 2. The van der Waals surface area contributed by atoms with Crippen LogP contribution in [0.1, 0.15) is 22.8 Å². The van der Waals surface area contributed by atoms with E-state index in [1.807, 2.05) is 48.0 Å². The fourth-order valence-electron chi connectivity index (χ4n) is 3.03. The van der Waals surface area contributed by atoms with Crippen LogP contribution in [0.15, 0.2) is 73.0 Å². The third-order valence-corrected chi connectivity index (χ3v) is 4.47. The molecule has 1 aromatic heterocycles. The molecule has 0 spiro atoms. The number of hydrogen-bond donors (Lipinski definition) is 2. The molecule has 29 heavy (non-hydrogen) atoms. The van der Waals surface area contributed by atoms with Gasteiger partial charge in [-0.05, 0) is 42.6 Å². The Labute approximate surface area is 168 Å². The number of aromatic nitrogens is 1. The number of carboxylic acids is 1. The first kappa shape index (κ1) is 19.9.